The van der Waals surface area contributed by atoms with E-state index in [0.717, 1.165) is 31.6 Å². The zero-order chi connectivity index (χ0) is 14.8. The molecule has 5 heteroatoms. The first-order valence-electron chi connectivity index (χ1n) is 6.87. The molecule has 0 amide bonds. The van der Waals surface area contributed by atoms with E-state index in [9.17, 15) is 4.79 Å². The van der Waals surface area contributed by atoms with E-state index in [-0.39, 0.29) is 22.2 Å². The second-order valence-corrected chi connectivity index (χ2v) is 5.89. The summed E-state index contributed by atoms with van der Waals surface area (Å²) < 4.78 is 5.81. The molecule has 0 aliphatic carbocycles. The van der Waals surface area contributed by atoms with Crippen molar-refractivity contribution in [3.63, 3.8) is 0 Å². The molecule has 1 heterocycles. The van der Waals surface area contributed by atoms with Gasteiger partial charge in [-0.15, -0.1) is 0 Å². The fourth-order valence-electron chi connectivity index (χ4n) is 2.51. The second-order valence-electron chi connectivity index (χ2n) is 5.49. The number of halogens is 1. The number of nitrogens with one attached hydrogen (secondary N) is 1. The van der Waals surface area contributed by atoms with Gasteiger partial charge >= 0.3 is 5.97 Å². The summed E-state index contributed by atoms with van der Waals surface area (Å²) in [5.74, 6) is -1.01. The van der Waals surface area contributed by atoms with E-state index >= 15 is 0 Å². The van der Waals surface area contributed by atoms with Crippen LogP contribution < -0.4 is 5.32 Å². The summed E-state index contributed by atoms with van der Waals surface area (Å²) in [7, 11) is 0. The van der Waals surface area contributed by atoms with Crippen molar-refractivity contribution in [2.24, 2.45) is 0 Å². The Bertz CT molecular complexity index is 506. The monoisotopic (exact) mass is 297 g/mol. The first-order valence-corrected chi connectivity index (χ1v) is 7.24. The van der Waals surface area contributed by atoms with Gasteiger partial charge in [-0.1, -0.05) is 18.5 Å². The molecule has 4 nitrogen and oxygen atoms in total. The minimum Gasteiger partial charge on any atom is -0.478 e. The first kappa shape index (κ1) is 15.1. The highest BCUT2D eigenvalue weighted by atomic mass is 35.5. The van der Waals surface area contributed by atoms with Gasteiger partial charge in [0, 0.05) is 18.3 Å². The third-order valence-corrected chi connectivity index (χ3v) is 4.24. The lowest BCUT2D eigenvalue weighted by molar-refractivity contribution is -0.0708. The van der Waals surface area contributed by atoms with Crippen LogP contribution in [-0.4, -0.2) is 29.3 Å². The Morgan fingerprint density at radius 1 is 1.60 bits per heavy atom. The van der Waals surface area contributed by atoms with Crippen LogP contribution in [-0.2, 0) is 4.74 Å². The van der Waals surface area contributed by atoms with Crippen LogP contribution in [0.4, 0.5) is 5.69 Å². The average molecular weight is 298 g/mol. The highest BCUT2D eigenvalue weighted by Gasteiger charge is 2.31. The van der Waals surface area contributed by atoms with Gasteiger partial charge in [0.1, 0.15) is 0 Å². The van der Waals surface area contributed by atoms with E-state index in [1.807, 2.05) is 6.07 Å². The minimum absolute atomic E-state index is 0.0992. The van der Waals surface area contributed by atoms with Gasteiger partial charge in [-0.25, -0.2) is 4.79 Å². The summed E-state index contributed by atoms with van der Waals surface area (Å²) in [6.45, 7) is 4.96. The summed E-state index contributed by atoms with van der Waals surface area (Å²) in [4.78, 5) is 11.1. The van der Waals surface area contributed by atoms with Crippen molar-refractivity contribution in [3.05, 3.63) is 28.8 Å². The van der Waals surface area contributed by atoms with Crippen molar-refractivity contribution in [1.29, 1.82) is 0 Å². The number of carbonyl (C=O) groups is 1. The van der Waals surface area contributed by atoms with Crippen molar-refractivity contribution < 1.29 is 14.6 Å². The van der Waals surface area contributed by atoms with Gasteiger partial charge in [0.05, 0.1) is 16.2 Å². The fourth-order valence-corrected chi connectivity index (χ4v) is 2.71. The number of carboxylic acids is 1. The zero-order valence-corrected chi connectivity index (χ0v) is 12.5. The Kier molecular flexibility index (Phi) is 4.55. The summed E-state index contributed by atoms with van der Waals surface area (Å²) in [6.07, 6.45) is 2.79. The number of carboxylic acid groups (broad SMARTS) is 1. The van der Waals surface area contributed by atoms with Crippen LogP contribution in [0.15, 0.2) is 18.2 Å². The number of hydrogen-bond acceptors (Lipinski definition) is 3. The van der Waals surface area contributed by atoms with Crippen LogP contribution in [0.25, 0.3) is 0 Å². The molecule has 0 spiro atoms. The normalized spacial score (nSPS) is 26.2. The molecule has 0 radical (unpaired) electrons. The van der Waals surface area contributed by atoms with Crippen molar-refractivity contribution in [2.75, 3.05) is 11.9 Å². The molecule has 0 bridgehead atoms. The highest BCUT2D eigenvalue weighted by Crippen LogP contribution is 2.30. The molecule has 1 fully saturated rings. The third-order valence-electron chi connectivity index (χ3n) is 3.91. The molecular formula is C15H20ClNO3. The lowest BCUT2D eigenvalue weighted by atomic mass is 9.90. The Labute approximate surface area is 124 Å². The Balaban J connectivity index is 2.10. The molecule has 1 aliphatic rings. The molecule has 0 saturated carbocycles. The molecule has 2 rings (SSSR count). The summed E-state index contributed by atoms with van der Waals surface area (Å²) in [5, 5.41) is 12.7. The molecule has 2 atom stereocenters. The predicted octanol–water partition coefficient (Wildman–Crippen LogP) is 3.80. The van der Waals surface area contributed by atoms with Gasteiger partial charge < -0.3 is 15.2 Å². The number of aromatic carboxylic acids is 1. The topological polar surface area (TPSA) is 58.6 Å². The predicted molar refractivity (Wildman–Crippen MR) is 79.7 cm³/mol. The van der Waals surface area contributed by atoms with E-state index in [1.165, 1.54) is 0 Å². The smallest absolute Gasteiger partial charge is 0.337 e. The average Bonchev–Trinajstić information content (AvgIpc) is 2.41. The standard InChI is InChI=1S/C15H20ClNO3/c1-3-15(2)9-11(6-7-20-15)17-10-4-5-13(16)12(8-10)14(18)19/h4-5,8,11,17H,3,6-7,9H2,1-2H3,(H,18,19). The van der Waals surface area contributed by atoms with Gasteiger partial charge in [0.25, 0.3) is 0 Å². The number of benzene rings is 1. The first-order chi connectivity index (χ1) is 9.43. The maximum Gasteiger partial charge on any atom is 0.337 e. The molecule has 1 aromatic rings. The van der Waals surface area contributed by atoms with Crippen LogP contribution in [0.5, 0.6) is 0 Å². The molecular weight excluding hydrogens is 278 g/mol. The van der Waals surface area contributed by atoms with Crippen molar-refractivity contribution in [3.8, 4) is 0 Å². The zero-order valence-electron chi connectivity index (χ0n) is 11.8. The van der Waals surface area contributed by atoms with Gasteiger partial charge in [0.2, 0.25) is 0 Å². The van der Waals surface area contributed by atoms with Crippen LogP contribution in [0.3, 0.4) is 0 Å². The summed E-state index contributed by atoms with van der Waals surface area (Å²) in [5.41, 5.74) is 0.817. The number of ether oxygens (including phenoxy) is 1. The van der Waals surface area contributed by atoms with Crippen molar-refractivity contribution in [1.82, 2.24) is 0 Å². The number of hydrogen-bond donors (Lipinski definition) is 2. The van der Waals surface area contributed by atoms with Crippen LogP contribution in [0.2, 0.25) is 5.02 Å². The largest absolute Gasteiger partial charge is 0.478 e. The molecule has 20 heavy (non-hydrogen) atoms. The van der Waals surface area contributed by atoms with Crippen LogP contribution >= 0.6 is 11.6 Å². The highest BCUT2D eigenvalue weighted by molar-refractivity contribution is 6.33. The van der Waals surface area contributed by atoms with Gasteiger partial charge in [0.15, 0.2) is 0 Å². The van der Waals surface area contributed by atoms with Crippen LogP contribution in [0, 0.1) is 0 Å². The van der Waals surface area contributed by atoms with Gasteiger partial charge in [-0.05, 0) is 44.4 Å². The van der Waals surface area contributed by atoms with E-state index < -0.39 is 5.97 Å². The van der Waals surface area contributed by atoms with Crippen LogP contribution in [0.1, 0.15) is 43.5 Å². The van der Waals surface area contributed by atoms with E-state index in [1.54, 1.807) is 12.1 Å². The summed E-state index contributed by atoms with van der Waals surface area (Å²) >= 11 is 5.87. The lowest BCUT2D eigenvalue weighted by Gasteiger charge is -2.38. The van der Waals surface area contributed by atoms with Gasteiger partial charge in [-0.2, -0.15) is 0 Å². The molecule has 2 N–H and O–H groups in total. The SMILES string of the molecule is CCC1(C)CC(Nc2ccc(Cl)c(C(=O)O)c2)CCO1. The molecule has 1 aliphatic heterocycles. The third kappa shape index (κ3) is 3.44. The van der Waals surface area contributed by atoms with Gasteiger partial charge in [-0.3, -0.25) is 0 Å². The maximum atomic E-state index is 11.1. The van der Waals surface area contributed by atoms with Crippen molar-refractivity contribution >= 4 is 23.3 Å². The summed E-state index contributed by atoms with van der Waals surface area (Å²) in [6, 6.07) is 5.30. The molecule has 1 saturated heterocycles. The molecule has 0 aromatic heterocycles. The van der Waals surface area contributed by atoms with E-state index in [0.29, 0.717) is 0 Å². The minimum atomic E-state index is -1.01. The maximum absolute atomic E-state index is 11.1. The van der Waals surface area contributed by atoms with E-state index in [4.69, 9.17) is 21.4 Å². The quantitative estimate of drug-likeness (QED) is 0.887. The molecule has 110 valence electrons. The fraction of sp³-hybridized carbons (Fsp3) is 0.533. The molecule has 1 aromatic carbocycles. The lowest BCUT2D eigenvalue weighted by Crippen LogP contribution is -2.41. The number of rotatable bonds is 4. The Morgan fingerprint density at radius 3 is 3.00 bits per heavy atom. The van der Waals surface area contributed by atoms with E-state index in [2.05, 4.69) is 19.2 Å². The second kappa shape index (κ2) is 6.02. The van der Waals surface area contributed by atoms with Crippen molar-refractivity contribution in [2.45, 2.75) is 44.8 Å². The Morgan fingerprint density at radius 2 is 2.35 bits per heavy atom. The Hall–Kier alpha value is -1.26. The molecule has 2 unspecified atom stereocenters. The number of anilines is 1.